The van der Waals surface area contributed by atoms with Gasteiger partial charge in [-0.3, -0.25) is 4.79 Å². The second kappa shape index (κ2) is 11.2. The smallest absolute Gasteiger partial charge is 0.356 e. The van der Waals surface area contributed by atoms with Crippen molar-refractivity contribution in [3.63, 3.8) is 0 Å². The maximum absolute atomic E-state index is 12.7. The van der Waals surface area contributed by atoms with E-state index in [1.165, 1.54) is 11.0 Å². The molecule has 0 spiro atoms. The molecule has 142 valence electrons. The number of benzene rings is 1. The van der Waals surface area contributed by atoms with Crippen molar-refractivity contribution in [1.29, 1.82) is 0 Å². The molecule has 0 saturated carbocycles. The largest absolute Gasteiger partial charge is 0.416 e. The number of carbonyl (C=O) groups excluding carboxylic acids is 1. The summed E-state index contributed by atoms with van der Waals surface area (Å²) in [7, 11) is 3.28. The van der Waals surface area contributed by atoms with Crippen molar-refractivity contribution in [2.75, 3.05) is 27.2 Å². The van der Waals surface area contributed by atoms with Crippen LogP contribution in [0.15, 0.2) is 29.3 Å². The van der Waals surface area contributed by atoms with Crippen LogP contribution < -0.4 is 10.6 Å². The SMILES string of the molecule is CCCNC(=NCc1cccc(C(F)(F)F)c1)NCC(=O)N(C)C.I. The lowest BCUT2D eigenvalue weighted by molar-refractivity contribution is -0.137. The van der Waals surface area contributed by atoms with Crippen LogP contribution >= 0.6 is 24.0 Å². The minimum Gasteiger partial charge on any atom is -0.356 e. The average molecular weight is 472 g/mol. The van der Waals surface area contributed by atoms with Crippen molar-refractivity contribution >= 4 is 35.8 Å². The van der Waals surface area contributed by atoms with E-state index in [0.29, 0.717) is 18.1 Å². The minimum atomic E-state index is -4.38. The van der Waals surface area contributed by atoms with Gasteiger partial charge in [-0.05, 0) is 24.1 Å². The number of aliphatic imine (C=N–C) groups is 1. The summed E-state index contributed by atoms with van der Waals surface area (Å²) in [6.45, 7) is 2.76. The maximum atomic E-state index is 12.7. The fourth-order valence-corrected chi connectivity index (χ4v) is 1.75. The summed E-state index contributed by atoms with van der Waals surface area (Å²) in [6.07, 6.45) is -3.52. The Kier molecular flexibility index (Phi) is 10.5. The third-order valence-corrected chi connectivity index (χ3v) is 3.12. The number of hydrogen-bond donors (Lipinski definition) is 2. The molecule has 0 atom stereocenters. The molecule has 1 aromatic carbocycles. The lowest BCUT2D eigenvalue weighted by Gasteiger charge is -2.14. The number of nitrogens with zero attached hydrogens (tertiary/aromatic N) is 2. The van der Waals surface area contributed by atoms with Gasteiger partial charge in [-0.2, -0.15) is 13.2 Å². The van der Waals surface area contributed by atoms with E-state index in [9.17, 15) is 18.0 Å². The average Bonchev–Trinajstić information content (AvgIpc) is 2.53. The lowest BCUT2D eigenvalue weighted by Crippen LogP contribution is -2.43. The summed E-state index contributed by atoms with van der Waals surface area (Å²) in [5.41, 5.74) is -0.254. The molecule has 1 rings (SSSR count). The zero-order chi connectivity index (χ0) is 18.2. The number of amides is 1. The molecule has 2 N–H and O–H groups in total. The van der Waals surface area contributed by atoms with E-state index >= 15 is 0 Å². The number of alkyl halides is 3. The van der Waals surface area contributed by atoms with Gasteiger partial charge in [0.15, 0.2) is 5.96 Å². The minimum absolute atomic E-state index is 0. The van der Waals surface area contributed by atoms with Crippen molar-refractivity contribution in [2.45, 2.75) is 26.1 Å². The Labute approximate surface area is 163 Å². The van der Waals surface area contributed by atoms with Crippen LogP contribution in [-0.2, 0) is 17.5 Å². The second-order valence-electron chi connectivity index (χ2n) is 5.43. The highest BCUT2D eigenvalue weighted by atomic mass is 127. The third kappa shape index (κ3) is 8.94. The molecular formula is C16H24F3IN4O. The van der Waals surface area contributed by atoms with E-state index in [2.05, 4.69) is 15.6 Å². The van der Waals surface area contributed by atoms with Gasteiger partial charge in [0.2, 0.25) is 5.91 Å². The van der Waals surface area contributed by atoms with Gasteiger partial charge >= 0.3 is 6.18 Å². The van der Waals surface area contributed by atoms with Crippen molar-refractivity contribution < 1.29 is 18.0 Å². The first-order valence-electron chi connectivity index (χ1n) is 7.62. The maximum Gasteiger partial charge on any atom is 0.416 e. The molecule has 0 aliphatic rings. The topological polar surface area (TPSA) is 56.7 Å². The molecule has 0 unspecified atom stereocenters. The van der Waals surface area contributed by atoms with Crippen molar-refractivity contribution in [2.24, 2.45) is 4.99 Å². The Morgan fingerprint density at radius 2 is 1.92 bits per heavy atom. The first-order valence-corrected chi connectivity index (χ1v) is 7.62. The highest BCUT2D eigenvalue weighted by Gasteiger charge is 2.30. The van der Waals surface area contributed by atoms with Crippen LogP contribution in [0.5, 0.6) is 0 Å². The normalized spacial score (nSPS) is 11.5. The molecular weight excluding hydrogens is 448 g/mol. The Morgan fingerprint density at radius 1 is 1.24 bits per heavy atom. The predicted molar refractivity (Wildman–Crippen MR) is 103 cm³/mol. The van der Waals surface area contributed by atoms with Gasteiger partial charge in [0.1, 0.15) is 0 Å². The van der Waals surface area contributed by atoms with Crippen LogP contribution in [0, 0.1) is 0 Å². The molecule has 0 heterocycles. The van der Waals surface area contributed by atoms with Crippen molar-refractivity contribution in [1.82, 2.24) is 15.5 Å². The molecule has 0 radical (unpaired) electrons. The van der Waals surface area contributed by atoms with Gasteiger partial charge < -0.3 is 15.5 Å². The van der Waals surface area contributed by atoms with Crippen LogP contribution in [0.25, 0.3) is 0 Å². The standard InChI is InChI=1S/C16H23F3N4O.HI/c1-4-8-20-15(22-11-14(24)23(2)3)21-10-12-6-5-7-13(9-12)16(17,18)19;/h5-7,9H,4,8,10-11H2,1-3H3,(H2,20,21,22);1H. The fourth-order valence-electron chi connectivity index (χ4n) is 1.75. The number of likely N-dealkylation sites (N-methyl/N-ethyl adjacent to an activating group) is 1. The summed E-state index contributed by atoms with van der Waals surface area (Å²) >= 11 is 0. The number of nitrogens with one attached hydrogen (secondary N) is 2. The molecule has 1 amide bonds. The highest BCUT2D eigenvalue weighted by molar-refractivity contribution is 14.0. The summed E-state index contributed by atoms with van der Waals surface area (Å²) in [6, 6.07) is 5.04. The molecule has 25 heavy (non-hydrogen) atoms. The molecule has 0 saturated heterocycles. The second-order valence-corrected chi connectivity index (χ2v) is 5.43. The van der Waals surface area contributed by atoms with Gasteiger partial charge in [0, 0.05) is 20.6 Å². The van der Waals surface area contributed by atoms with Gasteiger partial charge in [-0.15, -0.1) is 24.0 Å². The number of carbonyl (C=O) groups is 1. The Balaban J connectivity index is 0.00000576. The first kappa shape index (κ1) is 23.5. The summed E-state index contributed by atoms with van der Waals surface area (Å²) in [5, 5.41) is 5.90. The van der Waals surface area contributed by atoms with Gasteiger partial charge in [-0.1, -0.05) is 19.1 Å². The zero-order valence-electron chi connectivity index (χ0n) is 14.5. The number of guanidine groups is 1. The zero-order valence-corrected chi connectivity index (χ0v) is 16.8. The van der Waals surface area contributed by atoms with Crippen LogP contribution in [0.3, 0.4) is 0 Å². The monoisotopic (exact) mass is 472 g/mol. The first-order chi connectivity index (χ1) is 11.2. The van der Waals surface area contributed by atoms with Crippen molar-refractivity contribution in [3.05, 3.63) is 35.4 Å². The Bertz CT molecular complexity index is 577. The van der Waals surface area contributed by atoms with E-state index < -0.39 is 11.7 Å². The summed E-state index contributed by atoms with van der Waals surface area (Å²) in [5.74, 6) is 0.268. The summed E-state index contributed by atoms with van der Waals surface area (Å²) < 4.78 is 38.1. The number of halogens is 4. The molecule has 0 bridgehead atoms. The van der Waals surface area contributed by atoms with Crippen LogP contribution in [-0.4, -0.2) is 44.0 Å². The predicted octanol–water partition coefficient (Wildman–Crippen LogP) is 2.86. The fraction of sp³-hybridized carbons (Fsp3) is 0.500. The molecule has 0 fully saturated rings. The number of rotatable bonds is 6. The lowest BCUT2D eigenvalue weighted by atomic mass is 10.1. The van der Waals surface area contributed by atoms with E-state index in [0.717, 1.165) is 18.6 Å². The Hall–Kier alpha value is -1.52. The van der Waals surface area contributed by atoms with Crippen LogP contribution in [0.2, 0.25) is 0 Å². The van der Waals surface area contributed by atoms with Crippen LogP contribution in [0.1, 0.15) is 24.5 Å². The van der Waals surface area contributed by atoms with E-state index in [4.69, 9.17) is 0 Å². The molecule has 5 nitrogen and oxygen atoms in total. The molecule has 9 heteroatoms. The van der Waals surface area contributed by atoms with Crippen molar-refractivity contribution in [3.8, 4) is 0 Å². The third-order valence-electron chi connectivity index (χ3n) is 3.12. The van der Waals surface area contributed by atoms with Crippen LogP contribution in [0.4, 0.5) is 13.2 Å². The van der Waals surface area contributed by atoms with E-state index in [1.807, 2.05) is 6.92 Å². The molecule has 0 aromatic heterocycles. The molecule has 0 aliphatic heterocycles. The van der Waals surface area contributed by atoms with E-state index in [-0.39, 0.29) is 43.0 Å². The highest BCUT2D eigenvalue weighted by Crippen LogP contribution is 2.29. The van der Waals surface area contributed by atoms with Gasteiger partial charge in [0.25, 0.3) is 0 Å². The summed E-state index contributed by atoms with van der Waals surface area (Å²) in [4.78, 5) is 17.3. The Morgan fingerprint density at radius 3 is 2.48 bits per heavy atom. The van der Waals surface area contributed by atoms with Gasteiger partial charge in [0.05, 0.1) is 18.7 Å². The molecule has 1 aromatic rings. The van der Waals surface area contributed by atoms with Gasteiger partial charge in [-0.25, -0.2) is 4.99 Å². The quantitative estimate of drug-likeness (QED) is 0.381. The number of hydrogen-bond acceptors (Lipinski definition) is 2. The van der Waals surface area contributed by atoms with E-state index in [1.54, 1.807) is 20.2 Å². The molecule has 0 aliphatic carbocycles.